The molecular formula is C8H6ClF3N2O. The summed E-state index contributed by atoms with van der Waals surface area (Å²) in [6.07, 6.45) is -4.64. The molecule has 4 N–H and O–H groups in total. The molecule has 82 valence electrons. The minimum atomic E-state index is -4.64. The molecule has 0 aliphatic carbocycles. The normalized spacial score (nSPS) is 11.5. The first-order valence-corrected chi connectivity index (χ1v) is 4.07. The number of benzene rings is 1. The fourth-order valence-electron chi connectivity index (χ4n) is 1.02. The standard InChI is InChI=1S/C8H6ClF3N2O/c9-5-2-6(13)3(7(14)15)1-4(5)8(10,11)12/h1-2H,13H2,(H2,14,15). The summed E-state index contributed by atoms with van der Waals surface area (Å²) in [6, 6.07) is 1.39. The first-order valence-electron chi connectivity index (χ1n) is 3.69. The molecule has 7 heteroatoms. The van der Waals surface area contributed by atoms with Gasteiger partial charge in [-0.25, -0.2) is 0 Å². The largest absolute Gasteiger partial charge is 0.417 e. The number of amides is 1. The Kier molecular flexibility index (Phi) is 2.81. The highest BCUT2D eigenvalue weighted by atomic mass is 35.5. The fourth-order valence-corrected chi connectivity index (χ4v) is 1.30. The number of rotatable bonds is 1. The van der Waals surface area contributed by atoms with Gasteiger partial charge in [0, 0.05) is 5.69 Å². The lowest BCUT2D eigenvalue weighted by molar-refractivity contribution is -0.137. The number of hydrogen-bond acceptors (Lipinski definition) is 2. The number of nitrogen functional groups attached to an aromatic ring is 1. The van der Waals surface area contributed by atoms with E-state index in [0.29, 0.717) is 6.07 Å². The summed E-state index contributed by atoms with van der Waals surface area (Å²) >= 11 is 5.34. The Bertz CT molecular complexity index is 417. The Balaban J connectivity index is 3.43. The molecule has 1 aromatic rings. The van der Waals surface area contributed by atoms with Crippen LogP contribution in [0, 0.1) is 0 Å². The molecule has 15 heavy (non-hydrogen) atoms. The summed E-state index contributed by atoms with van der Waals surface area (Å²) in [7, 11) is 0. The van der Waals surface area contributed by atoms with E-state index in [1.54, 1.807) is 0 Å². The predicted octanol–water partition coefficient (Wildman–Crippen LogP) is 2.04. The quantitative estimate of drug-likeness (QED) is 0.735. The molecule has 1 amide bonds. The molecule has 1 aromatic carbocycles. The van der Waals surface area contributed by atoms with Crippen LogP contribution in [0.15, 0.2) is 12.1 Å². The van der Waals surface area contributed by atoms with Gasteiger partial charge in [-0.2, -0.15) is 13.2 Å². The zero-order valence-corrected chi connectivity index (χ0v) is 7.99. The van der Waals surface area contributed by atoms with E-state index < -0.39 is 28.2 Å². The molecular weight excluding hydrogens is 233 g/mol. The average molecular weight is 239 g/mol. The number of hydrogen-bond donors (Lipinski definition) is 2. The second kappa shape index (κ2) is 3.62. The highest BCUT2D eigenvalue weighted by Gasteiger charge is 2.34. The number of alkyl halides is 3. The number of anilines is 1. The van der Waals surface area contributed by atoms with Crippen molar-refractivity contribution < 1.29 is 18.0 Å². The van der Waals surface area contributed by atoms with Gasteiger partial charge in [0.25, 0.3) is 5.91 Å². The Morgan fingerprint density at radius 1 is 1.33 bits per heavy atom. The van der Waals surface area contributed by atoms with Crippen LogP contribution >= 0.6 is 11.6 Å². The van der Waals surface area contributed by atoms with Crippen molar-refractivity contribution in [2.75, 3.05) is 5.73 Å². The Morgan fingerprint density at radius 2 is 1.87 bits per heavy atom. The van der Waals surface area contributed by atoms with Crippen molar-refractivity contribution in [2.24, 2.45) is 5.73 Å². The highest BCUT2D eigenvalue weighted by Crippen LogP contribution is 2.36. The van der Waals surface area contributed by atoms with Gasteiger partial charge in [0.15, 0.2) is 0 Å². The first-order chi connectivity index (χ1) is 6.73. The molecule has 0 aliphatic rings. The van der Waals surface area contributed by atoms with Gasteiger partial charge in [0.05, 0.1) is 16.1 Å². The van der Waals surface area contributed by atoms with Gasteiger partial charge in [-0.05, 0) is 12.1 Å². The average Bonchev–Trinajstić information content (AvgIpc) is 2.00. The molecule has 0 bridgehead atoms. The number of halogens is 4. The monoisotopic (exact) mass is 238 g/mol. The third-order valence-corrected chi connectivity index (χ3v) is 2.02. The van der Waals surface area contributed by atoms with Crippen LogP contribution in [0.4, 0.5) is 18.9 Å². The molecule has 0 spiro atoms. The molecule has 0 aliphatic heterocycles. The van der Waals surface area contributed by atoms with Crippen LogP contribution in [0.25, 0.3) is 0 Å². The van der Waals surface area contributed by atoms with Crippen LogP contribution in [0.3, 0.4) is 0 Å². The van der Waals surface area contributed by atoms with E-state index in [1.165, 1.54) is 0 Å². The van der Waals surface area contributed by atoms with Crippen LogP contribution in [0.1, 0.15) is 15.9 Å². The summed E-state index contributed by atoms with van der Waals surface area (Å²) in [6.45, 7) is 0. The summed E-state index contributed by atoms with van der Waals surface area (Å²) < 4.78 is 37.0. The maximum Gasteiger partial charge on any atom is 0.417 e. The summed E-state index contributed by atoms with van der Waals surface area (Å²) in [5, 5.41) is -0.565. The molecule has 0 atom stereocenters. The number of primary amides is 1. The van der Waals surface area contributed by atoms with Crippen molar-refractivity contribution in [1.29, 1.82) is 0 Å². The van der Waals surface area contributed by atoms with E-state index in [4.69, 9.17) is 23.1 Å². The van der Waals surface area contributed by atoms with Crippen LogP contribution in [-0.2, 0) is 6.18 Å². The van der Waals surface area contributed by atoms with Crippen molar-refractivity contribution in [3.8, 4) is 0 Å². The van der Waals surface area contributed by atoms with E-state index in [9.17, 15) is 18.0 Å². The third kappa shape index (κ3) is 2.33. The van der Waals surface area contributed by atoms with Crippen molar-refractivity contribution in [2.45, 2.75) is 6.18 Å². The molecule has 0 radical (unpaired) electrons. The molecule has 1 rings (SSSR count). The van der Waals surface area contributed by atoms with E-state index in [0.717, 1.165) is 6.07 Å². The Hall–Kier alpha value is -1.43. The molecule has 0 fully saturated rings. The lowest BCUT2D eigenvalue weighted by atomic mass is 10.1. The van der Waals surface area contributed by atoms with Crippen molar-refractivity contribution >= 4 is 23.2 Å². The number of nitrogens with two attached hydrogens (primary N) is 2. The second-order valence-electron chi connectivity index (χ2n) is 2.78. The van der Waals surface area contributed by atoms with Crippen LogP contribution in [-0.4, -0.2) is 5.91 Å². The number of carbonyl (C=O) groups is 1. The molecule has 3 nitrogen and oxygen atoms in total. The second-order valence-corrected chi connectivity index (χ2v) is 3.19. The van der Waals surface area contributed by atoms with Gasteiger partial charge in [0.1, 0.15) is 0 Å². The molecule has 0 aromatic heterocycles. The topological polar surface area (TPSA) is 69.1 Å². The number of carbonyl (C=O) groups excluding carboxylic acids is 1. The SMILES string of the molecule is NC(=O)c1cc(C(F)(F)F)c(Cl)cc1N. The van der Waals surface area contributed by atoms with Crippen LogP contribution in [0.5, 0.6) is 0 Å². The van der Waals surface area contributed by atoms with Crippen molar-refractivity contribution in [1.82, 2.24) is 0 Å². The molecule has 0 heterocycles. The highest BCUT2D eigenvalue weighted by molar-refractivity contribution is 6.32. The van der Waals surface area contributed by atoms with Gasteiger partial charge in [-0.1, -0.05) is 11.6 Å². The van der Waals surface area contributed by atoms with E-state index in [-0.39, 0.29) is 5.69 Å². The Labute approximate surface area is 87.8 Å². The van der Waals surface area contributed by atoms with Crippen molar-refractivity contribution in [3.63, 3.8) is 0 Å². The van der Waals surface area contributed by atoms with E-state index in [1.807, 2.05) is 0 Å². The minimum absolute atomic E-state index is 0.180. The van der Waals surface area contributed by atoms with Gasteiger partial charge >= 0.3 is 6.18 Å². The molecule has 0 unspecified atom stereocenters. The van der Waals surface area contributed by atoms with Gasteiger partial charge in [-0.15, -0.1) is 0 Å². The molecule has 0 saturated carbocycles. The minimum Gasteiger partial charge on any atom is -0.398 e. The van der Waals surface area contributed by atoms with E-state index in [2.05, 4.69) is 0 Å². The van der Waals surface area contributed by atoms with E-state index >= 15 is 0 Å². The maximum absolute atomic E-state index is 12.3. The first kappa shape index (κ1) is 11.6. The smallest absolute Gasteiger partial charge is 0.398 e. The van der Waals surface area contributed by atoms with Crippen molar-refractivity contribution in [3.05, 3.63) is 28.3 Å². The van der Waals surface area contributed by atoms with Gasteiger partial charge in [0.2, 0.25) is 0 Å². The van der Waals surface area contributed by atoms with Gasteiger partial charge in [-0.3, -0.25) is 4.79 Å². The predicted molar refractivity (Wildman–Crippen MR) is 49.4 cm³/mol. The van der Waals surface area contributed by atoms with Gasteiger partial charge < -0.3 is 11.5 Å². The summed E-state index contributed by atoms with van der Waals surface area (Å²) in [4.78, 5) is 10.7. The lowest BCUT2D eigenvalue weighted by Gasteiger charge is -2.11. The lowest BCUT2D eigenvalue weighted by Crippen LogP contribution is -2.16. The Morgan fingerprint density at radius 3 is 2.27 bits per heavy atom. The van der Waals surface area contributed by atoms with Crippen LogP contribution < -0.4 is 11.5 Å². The fraction of sp³-hybridized carbons (Fsp3) is 0.125. The zero-order chi connectivity index (χ0) is 11.8. The third-order valence-electron chi connectivity index (χ3n) is 1.71. The summed E-state index contributed by atoms with van der Waals surface area (Å²) in [5.74, 6) is -1.03. The maximum atomic E-state index is 12.3. The van der Waals surface area contributed by atoms with Crippen LogP contribution in [0.2, 0.25) is 5.02 Å². The summed E-state index contributed by atoms with van der Waals surface area (Å²) in [5.41, 5.74) is 8.42. The molecule has 0 saturated heterocycles. The zero-order valence-electron chi connectivity index (χ0n) is 7.23.